The van der Waals surface area contributed by atoms with Crippen LogP contribution in [0.3, 0.4) is 0 Å². The molecule has 96 valence electrons. The third-order valence-electron chi connectivity index (χ3n) is 3.53. The first kappa shape index (κ1) is 12.4. The standard InChI is InChI=1S/C13H22N2O2/c1-13(2,3)7-11-14-9-5-4-8(12(16)17)6-10(9)15-11/h8-10H,4-7H2,1-3H3,(H,14,15)(H,16,17). The van der Waals surface area contributed by atoms with Gasteiger partial charge in [0.05, 0.1) is 23.8 Å². The molecule has 0 aromatic carbocycles. The Kier molecular flexibility index (Phi) is 3.15. The predicted molar refractivity (Wildman–Crippen MR) is 67.2 cm³/mol. The van der Waals surface area contributed by atoms with Crippen LogP contribution in [-0.4, -0.2) is 29.0 Å². The van der Waals surface area contributed by atoms with Gasteiger partial charge in [0.25, 0.3) is 0 Å². The van der Waals surface area contributed by atoms with Gasteiger partial charge in [-0.05, 0) is 24.7 Å². The summed E-state index contributed by atoms with van der Waals surface area (Å²) in [6.07, 6.45) is 3.33. The van der Waals surface area contributed by atoms with Gasteiger partial charge in [-0.15, -0.1) is 0 Å². The minimum absolute atomic E-state index is 0.187. The van der Waals surface area contributed by atoms with Crippen molar-refractivity contribution in [3.8, 4) is 0 Å². The average molecular weight is 238 g/mol. The van der Waals surface area contributed by atoms with Gasteiger partial charge in [-0.2, -0.15) is 0 Å². The first-order chi connectivity index (χ1) is 7.85. The van der Waals surface area contributed by atoms with Gasteiger partial charge in [0.15, 0.2) is 0 Å². The monoisotopic (exact) mass is 238 g/mol. The zero-order valence-electron chi connectivity index (χ0n) is 10.9. The van der Waals surface area contributed by atoms with Crippen molar-refractivity contribution in [2.75, 3.05) is 0 Å². The van der Waals surface area contributed by atoms with Crippen molar-refractivity contribution in [3.63, 3.8) is 0 Å². The summed E-state index contributed by atoms with van der Waals surface area (Å²) in [7, 11) is 0. The van der Waals surface area contributed by atoms with Crippen molar-refractivity contribution in [2.45, 2.75) is 58.5 Å². The molecule has 3 unspecified atom stereocenters. The lowest BCUT2D eigenvalue weighted by Gasteiger charge is -2.28. The number of aliphatic carboxylic acids is 1. The number of nitrogens with zero attached hydrogens (tertiary/aromatic N) is 1. The molecule has 1 heterocycles. The van der Waals surface area contributed by atoms with Crippen LogP contribution in [0.1, 0.15) is 46.5 Å². The molecule has 1 fully saturated rings. The van der Waals surface area contributed by atoms with E-state index in [1.807, 2.05) is 0 Å². The summed E-state index contributed by atoms with van der Waals surface area (Å²) in [6.45, 7) is 6.58. The number of hydrogen-bond acceptors (Lipinski definition) is 3. The van der Waals surface area contributed by atoms with Crippen LogP contribution in [0.2, 0.25) is 0 Å². The van der Waals surface area contributed by atoms with Crippen LogP contribution in [0.4, 0.5) is 0 Å². The van der Waals surface area contributed by atoms with Crippen molar-refractivity contribution in [1.82, 2.24) is 5.32 Å². The Morgan fingerprint density at radius 1 is 1.47 bits per heavy atom. The number of carboxylic acid groups (broad SMARTS) is 1. The molecule has 1 aliphatic heterocycles. The molecule has 17 heavy (non-hydrogen) atoms. The second-order valence-corrected chi connectivity index (χ2v) is 6.48. The van der Waals surface area contributed by atoms with Crippen LogP contribution in [0.25, 0.3) is 0 Å². The third-order valence-corrected chi connectivity index (χ3v) is 3.53. The number of nitrogens with one attached hydrogen (secondary N) is 1. The molecular weight excluding hydrogens is 216 g/mol. The smallest absolute Gasteiger partial charge is 0.306 e. The van der Waals surface area contributed by atoms with Gasteiger partial charge in [-0.3, -0.25) is 9.79 Å². The van der Waals surface area contributed by atoms with Crippen molar-refractivity contribution < 1.29 is 9.90 Å². The van der Waals surface area contributed by atoms with Gasteiger partial charge >= 0.3 is 5.97 Å². The lowest BCUT2D eigenvalue weighted by molar-refractivity contribution is -0.143. The lowest BCUT2D eigenvalue weighted by Crippen LogP contribution is -2.41. The second kappa shape index (κ2) is 4.31. The number of carbonyl (C=O) groups is 1. The molecule has 2 aliphatic rings. The Morgan fingerprint density at radius 2 is 2.18 bits per heavy atom. The summed E-state index contributed by atoms with van der Waals surface area (Å²) < 4.78 is 0. The fraction of sp³-hybridized carbons (Fsp3) is 0.846. The molecule has 2 rings (SSSR count). The molecule has 4 heteroatoms. The number of fused-ring (bicyclic) bond motifs is 1. The maximum Gasteiger partial charge on any atom is 0.306 e. The van der Waals surface area contributed by atoms with Gasteiger partial charge in [0, 0.05) is 6.42 Å². The SMILES string of the molecule is CC(C)(C)CC1=NC2CCC(C(=O)O)CC2N1. The van der Waals surface area contributed by atoms with E-state index in [9.17, 15) is 4.79 Å². The van der Waals surface area contributed by atoms with E-state index in [1.54, 1.807) is 0 Å². The highest BCUT2D eigenvalue weighted by Gasteiger charge is 2.38. The van der Waals surface area contributed by atoms with Crippen LogP contribution >= 0.6 is 0 Å². The minimum atomic E-state index is -0.658. The molecule has 3 atom stereocenters. The van der Waals surface area contributed by atoms with Crippen LogP contribution in [0.15, 0.2) is 4.99 Å². The number of aliphatic imine (C=N–C) groups is 1. The Balaban J connectivity index is 1.96. The Morgan fingerprint density at radius 3 is 2.76 bits per heavy atom. The summed E-state index contributed by atoms with van der Waals surface area (Å²) in [5.41, 5.74) is 0.228. The summed E-state index contributed by atoms with van der Waals surface area (Å²) in [5, 5.41) is 12.5. The Hall–Kier alpha value is -1.06. The summed E-state index contributed by atoms with van der Waals surface area (Å²) in [4.78, 5) is 15.7. The van der Waals surface area contributed by atoms with Gasteiger partial charge in [-0.25, -0.2) is 0 Å². The maximum atomic E-state index is 11.0. The van der Waals surface area contributed by atoms with E-state index >= 15 is 0 Å². The molecule has 1 aliphatic carbocycles. The van der Waals surface area contributed by atoms with Crippen molar-refractivity contribution >= 4 is 11.8 Å². The zero-order chi connectivity index (χ0) is 12.6. The first-order valence-electron chi connectivity index (χ1n) is 6.41. The molecule has 4 nitrogen and oxygen atoms in total. The zero-order valence-corrected chi connectivity index (χ0v) is 10.9. The van der Waals surface area contributed by atoms with E-state index in [-0.39, 0.29) is 17.4 Å². The van der Waals surface area contributed by atoms with Crippen LogP contribution < -0.4 is 5.32 Å². The first-order valence-corrected chi connectivity index (χ1v) is 6.41. The molecular formula is C13H22N2O2. The fourth-order valence-corrected chi connectivity index (χ4v) is 2.74. The lowest BCUT2D eigenvalue weighted by atomic mass is 9.83. The Bertz CT molecular complexity index is 344. The van der Waals surface area contributed by atoms with Crippen molar-refractivity contribution in [3.05, 3.63) is 0 Å². The number of amidine groups is 1. The van der Waals surface area contributed by atoms with Gasteiger partial charge < -0.3 is 10.4 Å². The van der Waals surface area contributed by atoms with Gasteiger partial charge in [-0.1, -0.05) is 20.8 Å². The largest absolute Gasteiger partial charge is 0.481 e. The molecule has 0 aromatic rings. The molecule has 0 amide bonds. The highest BCUT2D eigenvalue weighted by atomic mass is 16.4. The number of carboxylic acids is 1. The van der Waals surface area contributed by atoms with E-state index in [4.69, 9.17) is 10.1 Å². The van der Waals surface area contributed by atoms with E-state index in [2.05, 4.69) is 26.1 Å². The molecule has 0 spiro atoms. The van der Waals surface area contributed by atoms with E-state index < -0.39 is 5.97 Å². The normalized spacial score (nSPS) is 32.6. The number of hydrogen-bond donors (Lipinski definition) is 2. The van der Waals surface area contributed by atoms with E-state index in [1.165, 1.54) is 0 Å². The van der Waals surface area contributed by atoms with E-state index in [0.717, 1.165) is 31.5 Å². The van der Waals surface area contributed by atoms with Crippen LogP contribution in [0, 0.1) is 11.3 Å². The van der Waals surface area contributed by atoms with E-state index in [0.29, 0.717) is 6.04 Å². The molecule has 0 radical (unpaired) electrons. The van der Waals surface area contributed by atoms with Gasteiger partial charge in [0.1, 0.15) is 0 Å². The highest BCUT2D eigenvalue weighted by molar-refractivity contribution is 5.85. The van der Waals surface area contributed by atoms with Crippen molar-refractivity contribution in [2.24, 2.45) is 16.3 Å². The van der Waals surface area contributed by atoms with Crippen LogP contribution in [0.5, 0.6) is 0 Å². The van der Waals surface area contributed by atoms with Gasteiger partial charge in [0.2, 0.25) is 0 Å². The number of rotatable bonds is 2. The maximum absolute atomic E-state index is 11.0. The quantitative estimate of drug-likeness (QED) is 0.774. The minimum Gasteiger partial charge on any atom is -0.481 e. The topological polar surface area (TPSA) is 61.7 Å². The second-order valence-electron chi connectivity index (χ2n) is 6.48. The average Bonchev–Trinajstić information content (AvgIpc) is 2.54. The summed E-state index contributed by atoms with van der Waals surface area (Å²) in [6, 6.07) is 0.560. The fourth-order valence-electron chi connectivity index (χ4n) is 2.74. The van der Waals surface area contributed by atoms with Crippen LogP contribution in [-0.2, 0) is 4.79 Å². The molecule has 0 aromatic heterocycles. The predicted octanol–water partition coefficient (Wildman–Crippen LogP) is 2.05. The highest BCUT2D eigenvalue weighted by Crippen LogP contribution is 2.31. The third kappa shape index (κ3) is 2.99. The summed E-state index contributed by atoms with van der Waals surface area (Å²) in [5.74, 6) is 0.223. The molecule has 1 saturated carbocycles. The molecule has 0 saturated heterocycles. The molecule has 0 bridgehead atoms. The van der Waals surface area contributed by atoms with Crippen molar-refractivity contribution in [1.29, 1.82) is 0 Å². The molecule has 2 N–H and O–H groups in total. The summed E-state index contributed by atoms with van der Waals surface area (Å²) >= 11 is 0. The Labute approximate surface area is 103 Å².